The Morgan fingerprint density at radius 1 is 0.979 bits per heavy atom. The molecule has 3 aromatic rings. The number of amides is 2. The third-order valence-electron chi connectivity index (χ3n) is 10.7. The van der Waals surface area contributed by atoms with Crippen LogP contribution in [0.25, 0.3) is 11.3 Å². The van der Waals surface area contributed by atoms with Crippen LogP contribution < -0.4 is 9.64 Å². The van der Waals surface area contributed by atoms with Gasteiger partial charge in [-0.05, 0) is 106 Å². The molecule has 10 nitrogen and oxygen atoms in total. The summed E-state index contributed by atoms with van der Waals surface area (Å²) < 4.78 is 17.0. The van der Waals surface area contributed by atoms with Crippen LogP contribution in [0.1, 0.15) is 81.2 Å². The van der Waals surface area contributed by atoms with Gasteiger partial charge in [0, 0.05) is 56.8 Å². The summed E-state index contributed by atoms with van der Waals surface area (Å²) in [7, 11) is 3.79. The van der Waals surface area contributed by atoms with E-state index in [0.717, 1.165) is 55.8 Å². The number of anilines is 1. The molecule has 2 amide bonds. The lowest BCUT2D eigenvalue weighted by Gasteiger charge is -2.36. The fourth-order valence-electron chi connectivity index (χ4n) is 7.57. The number of carbonyl (C=O) groups is 2. The zero-order chi connectivity index (χ0) is 33.6. The van der Waals surface area contributed by atoms with Crippen molar-refractivity contribution in [1.29, 1.82) is 0 Å². The number of piperazine rings is 1. The van der Waals surface area contributed by atoms with Crippen molar-refractivity contribution in [3.63, 3.8) is 0 Å². The Bertz CT molecular complexity index is 1530. The molecule has 1 aromatic carbocycles. The number of likely N-dealkylation sites (N-methyl/N-ethyl adjacent to an activating group) is 1. The topological polar surface area (TPSA) is 101 Å². The molecule has 0 spiro atoms. The number of hydrogen-bond acceptors (Lipinski definition) is 8. The first-order valence-corrected chi connectivity index (χ1v) is 17.8. The molecule has 48 heavy (non-hydrogen) atoms. The van der Waals surface area contributed by atoms with Crippen LogP contribution in [0.3, 0.4) is 0 Å². The zero-order valence-corrected chi connectivity index (χ0v) is 29.0. The van der Waals surface area contributed by atoms with Crippen molar-refractivity contribution >= 4 is 17.8 Å². The quantitative estimate of drug-likeness (QED) is 0.246. The molecule has 3 aliphatic rings. The molecule has 0 atom stereocenters. The number of ether oxygens (including phenoxy) is 2. The second-order valence-electron chi connectivity index (χ2n) is 13.9. The highest BCUT2D eigenvalue weighted by Gasteiger charge is 2.35. The van der Waals surface area contributed by atoms with E-state index in [1.54, 1.807) is 24.5 Å². The fourth-order valence-corrected chi connectivity index (χ4v) is 7.57. The van der Waals surface area contributed by atoms with E-state index in [1.807, 2.05) is 24.0 Å². The standard InChI is InChI=1S/C38H51N5O5/c1-5-36-40-33(25-47-36)31-16-17-39-35(23-31)43(24-27-6-8-28(9-7-27)30-12-15-34(46-4)26(2)22-30)37(44)29-10-13-32(14-11-29)48-38(45)42-20-18-41(3)19-21-42/h12,15-17,22-23,25,27-29,32H,5-11,13-14,18-21,24H2,1-4H3. The molecule has 0 N–H and O–H groups in total. The molecule has 10 heteroatoms. The molecule has 258 valence electrons. The Morgan fingerprint density at radius 3 is 2.40 bits per heavy atom. The summed E-state index contributed by atoms with van der Waals surface area (Å²) in [6, 6.07) is 10.4. The van der Waals surface area contributed by atoms with Gasteiger partial charge in [-0.2, -0.15) is 0 Å². The molecule has 0 unspecified atom stereocenters. The highest BCUT2D eigenvalue weighted by molar-refractivity contribution is 5.94. The molecular formula is C38H51N5O5. The normalized spacial score (nSPS) is 23.5. The van der Waals surface area contributed by atoms with Gasteiger partial charge in [0.05, 0.1) is 7.11 Å². The van der Waals surface area contributed by atoms with E-state index in [-0.39, 0.29) is 24.0 Å². The Morgan fingerprint density at radius 2 is 1.73 bits per heavy atom. The predicted octanol–water partition coefficient (Wildman–Crippen LogP) is 6.87. The van der Waals surface area contributed by atoms with E-state index in [9.17, 15) is 9.59 Å². The fraction of sp³-hybridized carbons (Fsp3) is 0.579. The lowest BCUT2D eigenvalue weighted by Crippen LogP contribution is -2.48. The van der Waals surface area contributed by atoms with E-state index in [1.165, 1.54) is 11.1 Å². The number of aromatic nitrogens is 2. The summed E-state index contributed by atoms with van der Waals surface area (Å²) in [6.07, 6.45) is 10.9. The van der Waals surface area contributed by atoms with Gasteiger partial charge in [0.15, 0.2) is 5.89 Å². The first kappa shape index (κ1) is 34.0. The Kier molecular flexibility index (Phi) is 11.0. The number of hydrogen-bond donors (Lipinski definition) is 0. The van der Waals surface area contributed by atoms with E-state index in [0.29, 0.717) is 75.3 Å². The minimum absolute atomic E-state index is 0.116. The van der Waals surface area contributed by atoms with Crippen LogP contribution in [0.15, 0.2) is 47.2 Å². The number of nitrogens with zero attached hydrogens (tertiary/aromatic N) is 5. The van der Waals surface area contributed by atoms with Gasteiger partial charge in [0.1, 0.15) is 29.6 Å². The van der Waals surface area contributed by atoms with Gasteiger partial charge in [-0.25, -0.2) is 14.8 Å². The summed E-state index contributed by atoms with van der Waals surface area (Å²) in [5.74, 6) is 3.15. The second-order valence-corrected chi connectivity index (χ2v) is 13.9. The molecule has 2 aliphatic carbocycles. The van der Waals surface area contributed by atoms with Crippen LogP contribution in [0.4, 0.5) is 10.6 Å². The lowest BCUT2D eigenvalue weighted by molar-refractivity contribution is -0.124. The van der Waals surface area contributed by atoms with Crippen LogP contribution in [0.5, 0.6) is 5.75 Å². The molecule has 3 heterocycles. The van der Waals surface area contributed by atoms with Crippen molar-refractivity contribution in [1.82, 2.24) is 19.8 Å². The van der Waals surface area contributed by atoms with Gasteiger partial charge in [-0.1, -0.05) is 19.1 Å². The van der Waals surface area contributed by atoms with E-state index in [2.05, 4.69) is 42.1 Å². The SMILES string of the molecule is CCc1nc(-c2ccnc(N(CC3CCC(c4ccc(OC)c(C)c4)CC3)C(=O)C3CCC(OC(=O)N4CCN(C)CC4)CC3)c2)co1. The van der Waals surface area contributed by atoms with Crippen LogP contribution >= 0.6 is 0 Å². The van der Waals surface area contributed by atoms with E-state index in [4.69, 9.17) is 18.9 Å². The van der Waals surface area contributed by atoms with Gasteiger partial charge in [-0.3, -0.25) is 9.69 Å². The molecule has 1 saturated heterocycles. The van der Waals surface area contributed by atoms with Crippen molar-refractivity contribution in [2.75, 3.05) is 51.8 Å². The maximum atomic E-state index is 14.4. The van der Waals surface area contributed by atoms with Gasteiger partial charge in [0.2, 0.25) is 5.91 Å². The lowest BCUT2D eigenvalue weighted by atomic mass is 9.78. The minimum atomic E-state index is -0.222. The number of benzene rings is 1. The van der Waals surface area contributed by atoms with E-state index < -0.39 is 0 Å². The van der Waals surface area contributed by atoms with Crippen molar-refractivity contribution in [3.8, 4) is 17.0 Å². The van der Waals surface area contributed by atoms with Crippen molar-refractivity contribution in [3.05, 3.63) is 59.8 Å². The highest BCUT2D eigenvalue weighted by Crippen LogP contribution is 2.39. The van der Waals surface area contributed by atoms with Gasteiger partial charge >= 0.3 is 6.09 Å². The number of pyridine rings is 1. The van der Waals surface area contributed by atoms with Crippen LogP contribution in [-0.2, 0) is 16.0 Å². The smallest absolute Gasteiger partial charge is 0.410 e. The highest BCUT2D eigenvalue weighted by atomic mass is 16.6. The molecule has 0 bridgehead atoms. The Balaban J connectivity index is 1.13. The summed E-state index contributed by atoms with van der Waals surface area (Å²) in [5, 5.41) is 0. The molecule has 2 saturated carbocycles. The summed E-state index contributed by atoms with van der Waals surface area (Å²) in [5.41, 5.74) is 4.18. The monoisotopic (exact) mass is 657 g/mol. The van der Waals surface area contributed by atoms with Gasteiger partial charge < -0.3 is 23.7 Å². The second kappa shape index (κ2) is 15.5. The molecule has 6 rings (SSSR count). The number of methoxy groups -OCH3 is 1. The Hall–Kier alpha value is -3.92. The maximum Gasteiger partial charge on any atom is 0.410 e. The first-order valence-electron chi connectivity index (χ1n) is 17.8. The summed E-state index contributed by atoms with van der Waals surface area (Å²) in [4.78, 5) is 42.5. The molecular weight excluding hydrogens is 606 g/mol. The summed E-state index contributed by atoms with van der Waals surface area (Å²) in [6.45, 7) is 7.87. The average Bonchev–Trinajstić information content (AvgIpc) is 3.61. The number of aryl methyl sites for hydroxylation is 2. The zero-order valence-electron chi connectivity index (χ0n) is 29.0. The Labute approximate surface area is 284 Å². The van der Waals surface area contributed by atoms with Crippen molar-refractivity contribution in [2.45, 2.75) is 83.7 Å². The van der Waals surface area contributed by atoms with Crippen LogP contribution in [0.2, 0.25) is 0 Å². The molecule has 3 fully saturated rings. The third-order valence-corrected chi connectivity index (χ3v) is 10.7. The predicted molar refractivity (Wildman–Crippen MR) is 185 cm³/mol. The van der Waals surface area contributed by atoms with Gasteiger partial charge in [0.25, 0.3) is 0 Å². The largest absolute Gasteiger partial charge is 0.496 e. The number of rotatable bonds is 9. The molecule has 2 aromatic heterocycles. The average molecular weight is 658 g/mol. The minimum Gasteiger partial charge on any atom is -0.496 e. The number of carbonyl (C=O) groups excluding carboxylic acids is 2. The van der Waals surface area contributed by atoms with Gasteiger partial charge in [-0.15, -0.1) is 0 Å². The summed E-state index contributed by atoms with van der Waals surface area (Å²) >= 11 is 0. The molecule has 1 aliphatic heterocycles. The van der Waals surface area contributed by atoms with E-state index >= 15 is 0 Å². The van der Waals surface area contributed by atoms with Crippen molar-refractivity contribution < 1.29 is 23.5 Å². The molecule has 0 radical (unpaired) electrons. The van der Waals surface area contributed by atoms with Crippen LogP contribution in [0, 0.1) is 18.8 Å². The third kappa shape index (κ3) is 8.02. The maximum absolute atomic E-state index is 14.4. The number of oxazole rings is 1. The van der Waals surface area contributed by atoms with Crippen LogP contribution in [-0.4, -0.2) is 84.8 Å². The van der Waals surface area contributed by atoms with Crippen molar-refractivity contribution in [2.24, 2.45) is 11.8 Å². The first-order chi connectivity index (χ1) is 23.3.